The number of carbonyl (C=O) groups excluding carboxylic acids is 1. The molecule has 0 fully saturated rings. The minimum atomic E-state index is -4.29. The Morgan fingerprint density at radius 1 is 0.478 bits per heavy atom. The lowest BCUT2D eigenvalue weighted by Gasteiger charge is -2.24. The topological polar surface area (TPSA) is 91.3 Å². The molecule has 0 aromatic heterocycles. The summed E-state index contributed by atoms with van der Waals surface area (Å²) in [5, 5.41) is 0. The second-order valence-electron chi connectivity index (χ2n) is 19.2. The maximum atomic E-state index is 12.8. The third kappa shape index (κ3) is 54.5. The molecule has 0 aliphatic rings. The number of esters is 1. The molecule has 1 N–H and O–H groups in total. The fourth-order valence-corrected chi connectivity index (χ4v) is 8.00. The standard InChI is InChI=1S/C58H104NO7P/c1-6-8-10-12-14-16-18-20-22-24-26-28-29-30-31-32-33-35-37-39-41-43-45-47-49-51-58(60)66-57(56-65-67(61,62)64-54-52-59(3,4)5)55-63-53-50-48-46-44-42-40-38-36-34-27-25-23-21-19-17-15-13-11-9-7-2/h8,10,14,16,20-23,26,28,30-31,33,35,57H,6-7,9,11-13,15,17-19,24-25,27,29,32,34,36-56H2,1-5H3/p+1/b10-8-,16-14-,22-20-,23-21-,28-26-,31-30-,35-33-. The van der Waals surface area contributed by atoms with E-state index in [2.05, 4.69) is 98.9 Å². The van der Waals surface area contributed by atoms with Crippen molar-refractivity contribution in [2.45, 2.75) is 225 Å². The van der Waals surface area contributed by atoms with Crippen LogP contribution in [0.1, 0.15) is 219 Å². The van der Waals surface area contributed by atoms with E-state index >= 15 is 0 Å². The number of phosphoric ester groups is 1. The Bertz CT molecular complexity index is 1340. The van der Waals surface area contributed by atoms with Gasteiger partial charge in [0.15, 0.2) is 0 Å². The number of allylic oxidation sites excluding steroid dienone is 14. The molecule has 388 valence electrons. The average Bonchev–Trinajstić information content (AvgIpc) is 3.29. The van der Waals surface area contributed by atoms with Gasteiger partial charge in [-0.3, -0.25) is 13.8 Å². The van der Waals surface area contributed by atoms with Gasteiger partial charge >= 0.3 is 13.8 Å². The summed E-state index contributed by atoms with van der Waals surface area (Å²) in [5.41, 5.74) is 0. The monoisotopic (exact) mass is 959 g/mol. The summed E-state index contributed by atoms with van der Waals surface area (Å²) in [6, 6.07) is 0. The Labute approximate surface area is 414 Å². The second kappa shape index (κ2) is 50.1. The van der Waals surface area contributed by atoms with Gasteiger partial charge in [-0.25, -0.2) is 4.57 Å². The molecule has 0 bridgehead atoms. The molecule has 0 spiro atoms. The molecule has 2 atom stereocenters. The van der Waals surface area contributed by atoms with Crippen molar-refractivity contribution in [2.24, 2.45) is 0 Å². The molecule has 0 saturated carbocycles. The Hall–Kier alpha value is -2.32. The van der Waals surface area contributed by atoms with E-state index in [1.54, 1.807) is 0 Å². The first kappa shape index (κ1) is 64.7. The molecule has 67 heavy (non-hydrogen) atoms. The van der Waals surface area contributed by atoms with Crippen LogP contribution in [0, 0.1) is 0 Å². The summed E-state index contributed by atoms with van der Waals surface area (Å²) in [6.45, 7) is 5.49. The van der Waals surface area contributed by atoms with Crippen LogP contribution in [0.25, 0.3) is 0 Å². The summed E-state index contributed by atoms with van der Waals surface area (Å²) in [7, 11) is 1.65. The van der Waals surface area contributed by atoms with Crippen LogP contribution in [0.3, 0.4) is 0 Å². The van der Waals surface area contributed by atoms with Gasteiger partial charge in [0, 0.05) is 13.0 Å². The third-order valence-electron chi connectivity index (χ3n) is 11.4. The summed E-state index contributed by atoms with van der Waals surface area (Å²) >= 11 is 0. The molecule has 0 saturated heterocycles. The summed E-state index contributed by atoms with van der Waals surface area (Å²) < 4.78 is 35.2. The number of quaternary nitrogens is 1. The molecule has 0 heterocycles. The number of rotatable bonds is 50. The van der Waals surface area contributed by atoms with Gasteiger partial charge in [0.1, 0.15) is 19.3 Å². The Balaban J connectivity index is 4.17. The van der Waals surface area contributed by atoms with E-state index in [1.807, 2.05) is 21.1 Å². The van der Waals surface area contributed by atoms with E-state index in [9.17, 15) is 14.3 Å². The first-order chi connectivity index (χ1) is 32.6. The van der Waals surface area contributed by atoms with Crippen molar-refractivity contribution in [3.8, 4) is 0 Å². The summed E-state index contributed by atoms with van der Waals surface area (Å²) in [5.74, 6) is -0.329. The number of unbranched alkanes of at least 4 members (excludes halogenated alkanes) is 22. The van der Waals surface area contributed by atoms with Crippen LogP contribution in [0.2, 0.25) is 0 Å². The Morgan fingerprint density at radius 2 is 0.866 bits per heavy atom. The highest BCUT2D eigenvalue weighted by molar-refractivity contribution is 7.47. The van der Waals surface area contributed by atoms with Crippen molar-refractivity contribution in [3.63, 3.8) is 0 Å². The van der Waals surface area contributed by atoms with Gasteiger partial charge < -0.3 is 18.9 Å². The molecule has 0 radical (unpaired) electrons. The van der Waals surface area contributed by atoms with E-state index in [1.165, 1.54) is 116 Å². The Kier molecular flexibility index (Phi) is 48.3. The lowest BCUT2D eigenvalue weighted by Crippen LogP contribution is -2.37. The molecule has 0 aromatic rings. The summed E-state index contributed by atoms with van der Waals surface area (Å²) in [6.07, 6.45) is 67.7. The molecule has 0 aliphatic carbocycles. The van der Waals surface area contributed by atoms with Crippen molar-refractivity contribution in [1.82, 2.24) is 0 Å². The second-order valence-corrected chi connectivity index (χ2v) is 20.7. The number of nitrogens with zero attached hydrogens (tertiary/aromatic N) is 1. The van der Waals surface area contributed by atoms with Gasteiger partial charge in [-0.1, -0.05) is 208 Å². The summed E-state index contributed by atoms with van der Waals surface area (Å²) in [4.78, 5) is 23.1. The maximum Gasteiger partial charge on any atom is 0.472 e. The highest BCUT2D eigenvalue weighted by Gasteiger charge is 2.26. The fourth-order valence-electron chi connectivity index (χ4n) is 7.26. The van der Waals surface area contributed by atoms with E-state index in [4.69, 9.17) is 18.5 Å². The first-order valence-electron chi connectivity index (χ1n) is 27.3. The van der Waals surface area contributed by atoms with Crippen LogP contribution in [0.5, 0.6) is 0 Å². The molecule has 8 nitrogen and oxygen atoms in total. The van der Waals surface area contributed by atoms with Gasteiger partial charge in [-0.2, -0.15) is 0 Å². The largest absolute Gasteiger partial charge is 0.472 e. The molecular weight excluding hydrogens is 854 g/mol. The van der Waals surface area contributed by atoms with Gasteiger partial charge in [0.05, 0.1) is 34.4 Å². The van der Waals surface area contributed by atoms with Crippen molar-refractivity contribution in [2.75, 3.05) is 54.1 Å². The van der Waals surface area contributed by atoms with Crippen molar-refractivity contribution in [3.05, 3.63) is 85.1 Å². The van der Waals surface area contributed by atoms with Crippen LogP contribution in [0.15, 0.2) is 85.1 Å². The van der Waals surface area contributed by atoms with Crippen molar-refractivity contribution in [1.29, 1.82) is 0 Å². The van der Waals surface area contributed by atoms with E-state index in [0.29, 0.717) is 24.1 Å². The predicted octanol–water partition coefficient (Wildman–Crippen LogP) is 17.2. The van der Waals surface area contributed by atoms with Gasteiger partial charge in [0.2, 0.25) is 0 Å². The normalized spacial score (nSPS) is 14.2. The third-order valence-corrected chi connectivity index (χ3v) is 12.4. The smallest absolute Gasteiger partial charge is 0.457 e. The van der Waals surface area contributed by atoms with Gasteiger partial charge in [0.25, 0.3) is 0 Å². The van der Waals surface area contributed by atoms with Crippen LogP contribution in [-0.2, 0) is 27.9 Å². The molecule has 0 aromatic carbocycles. The van der Waals surface area contributed by atoms with E-state index < -0.39 is 13.9 Å². The van der Waals surface area contributed by atoms with Crippen LogP contribution >= 0.6 is 7.82 Å². The average molecular weight is 959 g/mol. The van der Waals surface area contributed by atoms with Crippen molar-refractivity contribution < 1.29 is 37.3 Å². The number of phosphoric acid groups is 1. The minimum Gasteiger partial charge on any atom is -0.457 e. The number of carbonyl (C=O) groups is 1. The lowest BCUT2D eigenvalue weighted by molar-refractivity contribution is -0.870. The fraction of sp³-hybridized carbons (Fsp3) is 0.741. The quantitative estimate of drug-likeness (QED) is 0.0213. The zero-order valence-electron chi connectivity index (χ0n) is 44.1. The highest BCUT2D eigenvalue weighted by atomic mass is 31.2. The molecular formula is C58H105NO7P+. The van der Waals surface area contributed by atoms with Crippen LogP contribution < -0.4 is 0 Å². The highest BCUT2D eigenvalue weighted by Crippen LogP contribution is 2.43. The Morgan fingerprint density at radius 3 is 1.31 bits per heavy atom. The molecule has 0 aliphatic heterocycles. The zero-order chi connectivity index (χ0) is 49.0. The molecule has 9 heteroatoms. The maximum absolute atomic E-state index is 12.8. The predicted molar refractivity (Wildman–Crippen MR) is 288 cm³/mol. The van der Waals surface area contributed by atoms with E-state index in [-0.39, 0.29) is 25.8 Å². The van der Waals surface area contributed by atoms with Crippen LogP contribution in [0.4, 0.5) is 0 Å². The molecule has 0 rings (SSSR count). The molecule has 0 amide bonds. The number of hydrogen-bond acceptors (Lipinski definition) is 6. The number of ether oxygens (including phenoxy) is 2. The minimum absolute atomic E-state index is 0.0813. The van der Waals surface area contributed by atoms with Gasteiger partial charge in [-0.05, 0) is 89.9 Å². The number of hydrogen-bond donors (Lipinski definition) is 1. The molecule has 2 unspecified atom stereocenters. The first-order valence-corrected chi connectivity index (χ1v) is 28.8. The van der Waals surface area contributed by atoms with Gasteiger partial charge in [-0.15, -0.1) is 0 Å². The van der Waals surface area contributed by atoms with Crippen molar-refractivity contribution >= 4 is 13.8 Å². The number of likely N-dealkylation sites (N-methyl/N-ethyl adjacent to an activating group) is 1. The van der Waals surface area contributed by atoms with Crippen LogP contribution in [-0.4, -0.2) is 75.6 Å². The van der Waals surface area contributed by atoms with E-state index in [0.717, 1.165) is 83.5 Å². The SMILES string of the molecule is CC/C=C\C/C=C\C/C=C\C/C=C\C/C=C\C/C=C\CCCCCCCCC(=O)OC(COCCCCCCCCCCCC/C=C\CCCCCCCC)COP(=O)(O)OCC[N+](C)(C)C. The lowest BCUT2D eigenvalue weighted by atomic mass is 10.1. The zero-order valence-corrected chi connectivity index (χ0v) is 45.0.